The zero-order chi connectivity index (χ0) is 16.9. The molecule has 0 saturated carbocycles. The highest BCUT2D eigenvalue weighted by Gasteiger charge is 2.30. The van der Waals surface area contributed by atoms with E-state index >= 15 is 0 Å². The summed E-state index contributed by atoms with van der Waals surface area (Å²) in [5, 5.41) is 4.13. The highest BCUT2D eigenvalue weighted by molar-refractivity contribution is 5.29. The summed E-state index contributed by atoms with van der Waals surface area (Å²) in [6.45, 7) is 9.14. The Morgan fingerprint density at radius 2 is 2.04 bits per heavy atom. The fourth-order valence-corrected chi connectivity index (χ4v) is 3.57. The lowest BCUT2D eigenvalue weighted by molar-refractivity contribution is 0.245. The molecule has 1 fully saturated rings. The average Bonchev–Trinajstić information content (AvgIpc) is 3.15. The van der Waals surface area contributed by atoms with Crippen molar-refractivity contribution in [2.75, 3.05) is 13.2 Å². The summed E-state index contributed by atoms with van der Waals surface area (Å²) in [6.07, 6.45) is 4.68. The molecule has 0 unspecified atom stereocenters. The number of hydrogen-bond acceptors (Lipinski definition) is 4. The number of ether oxygens (including phenoxy) is 1. The average molecular weight is 328 g/mol. The van der Waals surface area contributed by atoms with E-state index in [0.717, 1.165) is 49.7 Å². The first-order valence-electron chi connectivity index (χ1n) is 9.07. The Hall–Kier alpha value is -1.81. The fourth-order valence-electron chi connectivity index (χ4n) is 3.57. The van der Waals surface area contributed by atoms with Gasteiger partial charge in [0.2, 0.25) is 0 Å². The van der Waals surface area contributed by atoms with Gasteiger partial charge in [-0.3, -0.25) is 4.90 Å². The topological polar surface area (TPSA) is 38.5 Å². The zero-order valence-electron chi connectivity index (χ0n) is 15.0. The molecule has 0 spiro atoms. The van der Waals surface area contributed by atoms with E-state index in [1.54, 1.807) is 0 Å². The van der Waals surface area contributed by atoms with Crippen molar-refractivity contribution in [2.24, 2.45) is 0 Å². The van der Waals surface area contributed by atoms with E-state index in [4.69, 9.17) is 9.26 Å². The van der Waals surface area contributed by atoms with Crippen LogP contribution in [0.2, 0.25) is 0 Å². The summed E-state index contributed by atoms with van der Waals surface area (Å²) in [5.74, 6) is 1.93. The second-order valence-corrected chi connectivity index (χ2v) is 6.71. The van der Waals surface area contributed by atoms with E-state index in [9.17, 15) is 0 Å². The molecule has 1 aliphatic rings. The van der Waals surface area contributed by atoms with Crippen LogP contribution in [0.3, 0.4) is 0 Å². The predicted octanol–water partition coefficient (Wildman–Crippen LogP) is 4.81. The molecule has 130 valence electrons. The summed E-state index contributed by atoms with van der Waals surface area (Å²) in [6, 6.07) is 8.98. The molecule has 24 heavy (non-hydrogen) atoms. The van der Waals surface area contributed by atoms with E-state index in [1.165, 1.54) is 24.0 Å². The van der Waals surface area contributed by atoms with Gasteiger partial charge < -0.3 is 9.26 Å². The number of benzene rings is 1. The quantitative estimate of drug-likeness (QED) is 0.684. The number of likely N-dealkylation sites (tertiary alicyclic amines) is 1. The third-order valence-electron chi connectivity index (χ3n) is 4.86. The molecule has 4 heteroatoms. The van der Waals surface area contributed by atoms with Crippen LogP contribution in [0.5, 0.6) is 5.75 Å². The van der Waals surface area contributed by atoms with Crippen molar-refractivity contribution < 1.29 is 9.26 Å². The molecule has 1 aliphatic heterocycles. The Kier molecular flexibility index (Phi) is 5.56. The SMILES string of the molecule is CCCCOc1ccc(CN2CCC[C@@H]2c2c(C)noc2C)cc1. The van der Waals surface area contributed by atoms with E-state index in [1.807, 2.05) is 13.8 Å². The molecule has 0 radical (unpaired) electrons. The van der Waals surface area contributed by atoms with Gasteiger partial charge in [-0.1, -0.05) is 30.6 Å². The molecule has 1 aromatic carbocycles. The van der Waals surface area contributed by atoms with Crippen LogP contribution in [-0.2, 0) is 6.54 Å². The van der Waals surface area contributed by atoms with Gasteiger partial charge in [-0.2, -0.15) is 0 Å². The van der Waals surface area contributed by atoms with Gasteiger partial charge in [-0.15, -0.1) is 0 Å². The summed E-state index contributed by atoms with van der Waals surface area (Å²) in [7, 11) is 0. The number of aryl methyl sites for hydroxylation is 2. The Balaban J connectivity index is 1.64. The molecular weight excluding hydrogens is 300 g/mol. The maximum atomic E-state index is 5.75. The third-order valence-corrected chi connectivity index (χ3v) is 4.86. The van der Waals surface area contributed by atoms with Crippen LogP contribution in [0, 0.1) is 13.8 Å². The smallest absolute Gasteiger partial charge is 0.138 e. The van der Waals surface area contributed by atoms with Gasteiger partial charge in [0.05, 0.1) is 12.3 Å². The first-order valence-corrected chi connectivity index (χ1v) is 9.07. The van der Waals surface area contributed by atoms with Crippen molar-refractivity contribution in [1.82, 2.24) is 10.1 Å². The molecule has 2 heterocycles. The van der Waals surface area contributed by atoms with Crippen molar-refractivity contribution in [3.05, 3.63) is 46.8 Å². The van der Waals surface area contributed by atoms with Gasteiger partial charge in [0.1, 0.15) is 11.5 Å². The summed E-state index contributed by atoms with van der Waals surface area (Å²) >= 11 is 0. The second-order valence-electron chi connectivity index (χ2n) is 6.71. The highest BCUT2D eigenvalue weighted by Crippen LogP contribution is 2.36. The van der Waals surface area contributed by atoms with Crippen LogP contribution in [0.1, 0.15) is 61.2 Å². The highest BCUT2D eigenvalue weighted by atomic mass is 16.5. The van der Waals surface area contributed by atoms with Crippen LogP contribution in [0.25, 0.3) is 0 Å². The van der Waals surface area contributed by atoms with Crippen LogP contribution in [0.4, 0.5) is 0 Å². The van der Waals surface area contributed by atoms with Crippen LogP contribution in [-0.4, -0.2) is 23.2 Å². The number of unbranched alkanes of at least 4 members (excludes halogenated alkanes) is 1. The lowest BCUT2D eigenvalue weighted by atomic mass is 10.0. The van der Waals surface area contributed by atoms with Crippen LogP contribution < -0.4 is 4.74 Å². The normalized spacial score (nSPS) is 18.2. The van der Waals surface area contributed by atoms with Gasteiger partial charge in [-0.25, -0.2) is 0 Å². The van der Waals surface area contributed by atoms with Crippen LogP contribution >= 0.6 is 0 Å². The van der Waals surface area contributed by atoms with E-state index in [-0.39, 0.29) is 0 Å². The lowest BCUT2D eigenvalue weighted by Crippen LogP contribution is -2.23. The Morgan fingerprint density at radius 3 is 2.71 bits per heavy atom. The minimum Gasteiger partial charge on any atom is -0.494 e. The molecule has 1 saturated heterocycles. The Morgan fingerprint density at radius 1 is 1.25 bits per heavy atom. The minimum absolute atomic E-state index is 0.428. The molecule has 0 amide bonds. The number of hydrogen-bond donors (Lipinski definition) is 0. The zero-order valence-corrected chi connectivity index (χ0v) is 15.0. The lowest BCUT2D eigenvalue weighted by Gasteiger charge is -2.24. The number of aromatic nitrogens is 1. The first kappa shape index (κ1) is 17.0. The fraction of sp³-hybridized carbons (Fsp3) is 0.550. The second kappa shape index (κ2) is 7.84. The minimum atomic E-state index is 0.428. The van der Waals surface area contributed by atoms with Gasteiger partial charge in [-0.05, 0) is 57.4 Å². The summed E-state index contributed by atoms with van der Waals surface area (Å²) in [4.78, 5) is 2.54. The first-order chi connectivity index (χ1) is 11.7. The molecule has 3 rings (SSSR count). The van der Waals surface area contributed by atoms with E-state index in [2.05, 4.69) is 41.2 Å². The molecule has 4 nitrogen and oxygen atoms in total. The Labute approximate surface area is 144 Å². The molecule has 0 N–H and O–H groups in total. The van der Waals surface area contributed by atoms with Gasteiger partial charge >= 0.3 is 0 Å². The number of rotatable bonds is 7. The van der Waals surface area contributed by atoms with Crippen LogP contribution in [0.15, 0.2) is 28.8 Å². The van der Waals surface area contributed by atoms with Crippen molar-refractivity contribution >= 4 is 0 Å². The largest absolute Gasteiger partial charge is 0.494 e. The predicted molar refractivity (Wildman–Crippen MR) is 95.2 cm³/mol. The van der Waals surface area contributed by atoms with Crippen molar-refractivity contribution in [3.63, 3.8) is 0 Å². The molecule has 1 atom stereocenters. The van der Waals surface area contributed by atoms with Crippen molar-refractivity contribution in [1.29, 1.82) is 0 Å². The van der Waals surface area contributed by atoms with Crippen molar-refractivity contribution in [3.8, 4) is 5.75 Å². The summed E-state index contributed by atoms with van der Waals surface area (Å²) < 4.78 is 11.1. The monoisotopic (exact) mass is 328 g/mol. The molecule has 2 aromatic rings. The van der Waals surface area contributed by atoms with E-state index < -0.39 is 0 Å². The molecular formula is C20H28N2O2. The maximum absolute atomic E-state index is 5.75. The summed E-state index contributed by atoms with van der Waals surface area (Å²) in [5.41, 5.74) is 3.65. The third kappa shape index (κ3) is 3.81. The number of nitrogens with zero attached hydrogens (tertiary/aromatic N) is 2. The van der Waals surface area contributed by atoms with Gasteiger partial charge in [0, 0.05) is 18.2 Å². The standard InChI is InChI=1S/C20H28N2O2/c1-4-5-13-23-18-10-8-17(9-11-18)14-22-12-6-7-19(22)20-15(2)21-24-16(20)3/h8-11,19H,4-7,12-14H2,1-3H3/t19-/m1/s1. The van der Waals surface area contributed by atoms with Crippen molar-refractivity contribution in [2.45, 2.75) is 59.0 Å². The van der Waals surface area contributed by atoms with Gasteiger partial charge in [0.15, 0.2) is 0 Å². The Bertz CT molecular complexity index is 629. The molecule has 1 aromatic heterocycles. The van der Waals surface area contributed by atoms with E-state index in [0.29, 0.717) is 6.04 Å². The molecule has 0 aliphatic carbocycles. The maximum Gasteiger partial charge on any atom is 0.138 e. The van der Waals surface area contributed by atoms with Gasteiger partial charge in [0.25, 0.3) is 0 Å². The molecule has 0 bridgehead atoms.